The van der Waals surface area contributed by atoms with E-state index in [9.17, 15) is 9.59 Å². The molecule has 3 heterocycles. The topological polar surface area (TPSA) is 91.7 Å². The molecule has 0 bridgehead atoms. The first-order valence-corrected chi connectivity index (χ1v) is 10.9. The largest absolute Gasteiger partial charge is 0.493 e. The van der Waals surface area contributed by atoms with Crippen molar-refractivity contribution in [3.63, 3.8) is 0 Å². The monoisotopic (exact) mass is 457 g/mol. The predicted octanol–water partition coefficient (Wildman–Crippen LogP) is 3.85. The number of ether oxygens (including phenoxy) is 3. The second-order valence-electron chi connectivity index (χ2n) is 6.45. The predicted molar refractivity (Wildman–Crippen MR) is 122 cm³/mol. The molecule has 0 spiro atoms. The summed E-state index contributed by atoms with van der Waals surface area (Å²) in [6.07, 6.45) is 1.40. The van der Waals surface area contributed by atoms with Crippen LogP contribution in [0, 0.1) is 0 Å². The molecule has 1 N–H and O–H groups in total. The van der Waals surface area contributed by atoms with E-state index in [-0.39, 0.29) is 18.0 Å². The molecule has 0 unspecified atom stereocenters. The molecule has 31 heavy (non-hydrogen) atoms. The summed E-state index contributed by atoms with van der Waals surface area (Å²) in [7, 11) is 4.49. The summed E-state index contributed by atoms with van der Waals surface area (Å²) in [5.74, 6) is 0.866. The van der Waals surface area contributed by atoms with Crippen molar-refractivity contribution in [2.45, 2.75) is 6.54 Å². The highest BCUT2D eigenvalue weighted by atomic mass is 32.1. The molecule has 160 valence electrons. The van der Waals surface area contributed by atoms with Crippen LogP contribution in [0.2, 0.25) is 0 Å². The summed E-state index contributed by atoms with van der Waals surface area (Å²) >= 11 is 2.96. The molecule has 0 aliphatic carbocycles. The van der Waals surface area contributed by atoms with Gasteiger partial charge in [0.15, 0.2) is 11.5 Å². The molecule has 0 atom stereocenters. The minimum Gasteiger partial charge on any atom is -0.493 e. The minimum absolute atomic E-state index is 0.182. The van der Waals surface area contributed by atoms with Crippen LogP contribution in [0.5, 0.6) is 17.2 Å². The van der Waals surface area contributed by atoms with Gasteiger partial charge in [0.05, 0.1) is 33.0 Å². The molecule has 3 aromatic heterocycles. The number of methoxy groups -OCH3 is 3. The third kappa shape index (κ3) is 3.99. The van der Waals surface area contributed by atoms with Crippen molar-refractivity contribution in [3.8, 4) is 27.7 Å². The van der Waals surface area contributed by atoms with Crippen LogP contribution in [0.4, 0.5) is 5.69 Å². The Morgan fingerprint density at radius 1 is 1.13 bits per heavy atom. The Hall–Kier alpha value is -3.37. The van der Waals surface area contributed by atoms with Gasteiger partial charge in [-0.15, -0.1) is 22.7 Å². The fourth-order valence-electron chi connectivity index (χ4n) is 3.20. The van der Waals surface area contributed by atoms with Gasteiger partial charge in [-0.1, -0.05) is 6.07 Å². The zero-order valence-corrected chi connectivity index (χ0v) is 18.6. The molecule has 0 fully saturated rings. The van der Waals surface area contributed by atoms with Gasteiger partial charge in [0.1, 0.15) is 11.4 Å². The van der Waals surface area contributed by atoms with Gasteiger partial charge in [0.25, 0.3) is 5.56 Å². The van der Waals surface area contributed by atoms with Gasteiger partial charge in [-0.3, -0.25) is 14.2 Å². The molecular weight excluding hydrogens is 438 g/mol. The molecule has 1 amide bonds. The highest BCUT2D eigenvalue weighted by Gasteiger charge is 2.17. The number of hydrogen-bond acceptors (Lipinski definition) is 8. The van der Waals surface area contributed by atoms with Gasteiger partial charge in [0, 0.05) is 33.6 Å². The van der Waals surface area contributed by atoms with Crippen molar-refractivity contribution in [3.05, 3.63) is 51.7 Å². The molecule has 0 aliphatic rings. The normalized spacial score (nSPS) is 10.8. The molecule has 4 aromatic rings. The lowest BCUT2D eigenvalue weighted by Crippen LogP contribution is -2.27. The van der Waals surface area contributed by atoms with Crippen molar-refractivity contribution < 1.29 is 19.0 Å². The van der Waals surface area contributed by atoms with Crippen LogP contribution >= 0.6 is 22.7 Å². The summed E-state index contributed by atoms with van der Waals surface area (Å²) in [6, 6.07) is 7.14. The molecule has 1 aromatic carbocycles. The molecule has 0 radical (unpaired) electrons. The van der Waals surface area contributed by atoms with Crippen molar-refractivity contribution in [2.75, 3.05) is 26.6 Å². The first kappa shape index (κ1) is 20.9. The van der Waals surface area contributed by atoms with Gasteiger partial charge < -0.3 is 19.5 Å². The molecule has 4 rings (SSSR count). The fourth-order valence-corrected chi connectivity index (χ4v) is 4.92. The molecule has 8 nitrogen and oxygen atoms in total. The Kier molecular flexibility index (Phi) is 5.92. The molecule has 0 saturated carbocycles. The number of nitrogens with one attached hydrogen (secondary N) is 1. The molecule has 10 heteroatoms. The number of anilines is 1. The molecular formula is C21H19N3O5S2. The van der Waals surface area contributed by atoms with E-state index in [4.69, 9.17) is 14.2 Å². The van der Waals surface area contributed by atoms with Crippen LogP contribution in [0.15, 0.2) is 46.1 Å². The SMILES string of the molecule is COc1cc(NC(=O)Cn2cnc3scc(-c4cccs4)c3c2=O)cc(OC)c1OC. The maximum absolute atomic E-state index is 13.1. The van der Waals surface area contributed by atoms with E-state index in [0.29, 0.717) is 33.2 Å². The van der Waals surface area contributed by atoms with Crippen LogP contribution in [0.3, 0.4) is 0 Å². The Morgan fingerprint density at radius 2 is 1.87 bits per heavy atom. The number of aromatic nitrogens is 2. The van der Waals surface area contributed by atoms with Crippen LogP contribution in [-0.4, -0.2) is 36.8 Å². The van der Waals surface area contributed by atoms with Crippen LogP contribution in [-0.2, 0) is 11.3 Å². The summed E-state index contributed by atoms with van der Waals surface area (Å²) in [6.45, 7) is -0.182. The standard InChI is InChI=1S/C21H19N3O5S2/c1-27-14-7-12(8-15(28-2)19(14)29-3)23-17(25)9-24-11-22-20-18(21(24)26)13(10-31-20)16-5-4-6-30-16/h4-8,10-11H,9H2,1-3H3,(H,23,25). The third-order valence-corrected chi connectivity index (χ3v) is 6.40. The molecule has 0 saturated heterocycles. The number of carbonyl (C=O) groups excluding carboxylic acids is 1. The first-order chi connectivity index (χ1) is 15.0. The van der Waals surface area contributed by atoms with Crippen molar-refractivity contribution in [1.82, 2.24) is 9.55 Å². The lowest BCUT2D eigenvalue weighted by molar-refractivity contribution is -0.116. The van der Waals surface area contributed by atoms with E-state index in [1.165, 1.54) is 43.6 Å². The van der Waals surface area contributed by atoms with E-state index < -0.39 is 0 Å². The number of fused-ring (bicyclic) bond motifs is 1. The smallest absolute Gasteiger partial charge is 0.263 e. The summed E-state index contributed by atoms with van der Waals surface area (Å²) < 4.78 is 17.2. The van der Waals surface area contributed by atoms with E-state index in [0.717, 1.165) is 10.4 Å². The fraction of sp³-hybridized carbons (Fsp3) is 0.190. The number of nitrogens with zero attached hydrogens (tertiary/aromatic N) is 2. The summed E-state index contributed by atoms with van der Waals surface area (Å²) in [4.78, 5) is 31.7. The number of benzene rings is 1. The van der Waals surface area contributed by atoms with E-state index in [2.05, 4.69) is 10.3 Å². The van der Waals surface area contributed by atoms with E-state index in [1.54, 1.807) is 23.5 Å². The van der Waals surface area contributed by atoms with Gasteiger partial charge in [-0.25, -0.2) is 4.98 Å². The van der Waals surface area contributed by atoms with Crippen LogP contribution in [0.25, 0.3) is 20.7 Å². The first-order valence-electron chi connectivity index (χ1n) is 9.16. The second kappa shape index (κ2) is 8.78. The quantitative estimate of drug-likeness (QED) is 0.453. The van der Waals surface area contributed by atoms with Crippen LogP contribution in [0.1, 0.15) is 0 Å². The van der Waals surface area contributed by atoms with E-state index in [1.807, 2.05) is 22.9 Å². The Bertz CT molecular complexity index is 1270. The van der Waals surface area contributed by atoms with Crippen molar-refractivity contribution >= 4 is 44.5 Å². The number of hydrogen-bond donors (Lipinski definition) is 1. The van der Waals surface area contributed by atoms with E-state index >= 15 is 0 Å². The number of thiophene rings is 2. The Balaban J connectivity index is 1.62. The number of rotatable bonds is 7. The van der Waals surface area contributed by atoms with Gasteiger partial charge in [0.2, 0.25) is 11.7 Å². The molecule has 0 aliphatic heterocycles. The average Bonchev–Trinajstić information content (AvgIpc) is 3.44. The van der Waals surface area contributed by atoms with Gasteiger partial charge in [-0.2, -0.15) is 0 Å². The maximum Gasteiger partial charge on any atom is 0.263 e. The zero-order valence-electron chi connectivity index (χ0n) is 17.0. The minimum atomic E-state index is -0.384. The Labute approximate surface area is 185 Å². The van der Waals surface area contributed by atoms with Gasteiger partial charge in [-0.05, 0) is 11.4 Å². The zero-order chi connectivity index (χ0) is 22.0. The third-order valence-electron chi connectivity index (χ3n) is 4.61. The van der Waals surface area contributed by atoms with Crippen LogP contribution < -0.4 is 25.1 Å². The Morgan fingerprint density at radius 3 is 2.48 bits per heavy atom. The maximum atomic E-state index is 13.1. The summed E-state index contributed by atoms with van der Waals surface area (Å²) in [5.41, 5.74) is 1.04. The second-order valence-corrected chi connectivity index (χ2v) is 8.25. The van der Waals surface area contributed by atoms with Crippen molar-refractivity contribution in [1.29, 1.82) is 0 Å². The van der Waals surface area contributed by atoms with Gasteiger partial charge >= 0.3 is 0 Å². The van der Waals surface area contributed by atoms with Crippen molar-refractivity contribution in [2.24, 2.45) is 0 Å². The lowest BCUT2D eigenvalue weighted by Gasteiger charge is -2.14. The highest BCUT2D eigenvalue weighted by Crippen LogP contribution is 2.40. The summed E-state index contributed by atoms with van der Waals surface area (Å²) in [5, 5.41) is 7.17. The lowest BCUT2D eigenvalue weighted by atomic mass is 10.2. The number of amides is 1. The number of carbonyl (C=O) groups is 1. The highest BCUT2D eigenvalue weighted by molar-refractivity contribution is 7.18. The average molecular weight is 458 g/mol.